The molecule has 23 heavy (non-hydrogen) atoms. The molecule has 136 valence electrons. The maximum atomic E-state index is 13.0. The van der Waals surface area contributed by atoms with Crippen LogP contribution in [0.3, 0.4) is 0 Å². The van der Waals surface area contributed by atoms with Crippen molar-refractivity contribution < 1.29 is 13.5 Å². The molecule has 0 radical (unpaired) electrons. The Kier molecular flexibility index (Phi) is 6.47. The van der Waals surface area contributed by atoms with Crippen molar-refractivity contribution in [1.29, 1.82) is 0 Å². The van der Waals surface area contributed by atoms with Crippen LogP contribution < -0.4 is 0 Å². The highest BCUT2D eigenvalue weighted by atomic mass is 32.2. The Morgan fingerprint density at radius 1 is 1.09 bits per heavy atom. The van der Waals surface area contributed by atoms with Crippen molar-refractivity contribution in [3.05, 3.63) is 0 Å². The molecule has 0 bridgehead atoms. The lowest BCUT2D eigenvalue weighted by molar-refractivity contribution is 0.0586. The molecule has 2 aliphatic rings. The monoisotopic (exact) mass is 347 g/mol. The van der Waals surface area contributed by atoms with E-state index in [1.165, 1.54) is 0 Å². The summed E-state index contributed by atoms with van der Waals surface area (Å²) in [6, 6.07) is 0.188. The summed E-state index contributed by atoms with van der Waals surface area (Å²) >= 11 is 0. The quantitative estimate of drug-likeness (QED) is 0.805. The summed E-state index contributed by atoms with van der Waals surface area (Å²) in [6.07, 6.45) is 1.62. The highest BCUT2D eigenvalue weighted by molar-refractivity contribution is 7.86. The average Bonchev–Trinajstić information content (AvgIpc) is 2.45. The zero-order valence-electron chi connectivity index (χ0n) is 15.0. The van der Waals surface area contributed by atoms with Gasteiger partial charge in [-0.2, -0.15) is 17.0 Å². The molecule has 0 aromatic rings. The maximum Gasteiger partial charge on any atom is 0.282 e. The molecule has 2 fully saturated rings. The van der Waals surface area contributed by atoms with Crippen molar-refractivity contribution in [3.8, 4) is 0 Å². The highest BCUT2D eigenvalue weighted by Crippen LogP contribution is 2.26. The lowest BCUT2D eigenvalue weighted by Crippen LogP contribution is -2.59. The Morgan fingerprint density at radius 2 is 1.70 bits per heavy atom. The van der Waals surface area contributed by atoms with Crippen LogP contribution in [0.1, 0.15) is 40.5 Å². The number of hydrogen-bond acceptors (Lipinski definition) is 4. The van der Waals surface area contributed by atoms with Crippen molar-refractivity contribution in [3.63, 3.8) is 0 Å². The standard InChI is InChI=1S/C16H33N3O3S/c1-5-16-12-18(7-6-17(16)11-15(4)20)23(21,22)19-9-13(2)8-14(3)10-19/h13-16,20H,5-12H2,1-4H3/t13-,14-,15-,16-/m1/s1. The molecule has 2 saturated heterocycles. The van der Waals surface area contributed by atoms with Gasteiger partial charge in [-0.3, -0.25) is 4.90 Å². The molecule has 0 saturated carbocycles. The molecule has 7 heteroatoms. The molecule has 2 aliphatic heterocycles. The Morgan fingerprint density at radius 3 is 2.22 bits per heavy atom. The van der Waals surface area contributed by atoms with Gasteiger partial charge in [0, 0.05) is 45.3 Å². The van der Waals surface area contributed by atoms with E-state index in [9.17, 15) is 13.5 Å². The van der Waals surface area contributed by atoms with E-state index in [0.29, 0.717) is 51.1 Å². The van der Waals surface area contributed by atoms with Crippen LogP contribution in [0.15, 0.2) is 0 Å². The van der Waals surface area contributed by atoms with E-state index in [1.807, 2.05) is 0 Å². The summed E-state index contributed by atoms with van der Waals surface area (Å²) in [6.45, 7) is 11.8. The summed E-state index contributed by atoms with van der Waals surface area (Å²) in [5, 5.41) is 9.62. The molecule has 4 atom stereocenters. The number of piperidine rings is 1. The first-order valence-electron chi connectivity index (χ1n) is 8.91. The van der Waals surface area contributed by atoms with Crippen LogP contribution in [0.25, 0.3) is 0 Å². The molecule has 2 heterocycles. The van der Waals surface area contributed by atoms with E-state index in [2.05, 4.69) is 25.7 Å². The summed E-state index contributed by atoms with van der Waals surface area (Å²) in [5.41, 5.74) is 0. The smallest absolute Gasteiger partial charge is 0.282 e. The van der Waals surface area contributed by atoms with Gasteiger partial charge in [0.1, 0.15) is 0 Å². The minimum Gasteiger partial charge on any atom is -0.392 e. The molecule has 0 unspecified atom stereocenters. The van der Waals surface area contributed by atoms with Crippen molar-refractivity contribution in [2.45, 2.75) is 52.7 Å². The second-order valence-corrected chi connectivity index (χ2v) is 9.46. The summed E-state index contributed by atoms with van der Waals surface area (Å²) in [4.78, 5) is 2.22. The number of rotatable bonds is 5. The van der Waals surface area contributed by atoms with Crippen LogP contribution in [0.4, 0.5) is 0 Å². The van der Waals surface area contributed by atoms with Gasteiger partial charge in [-0.15, -0.1) is 0 Å². The van der Waals surface area contributed by atoms with Gasteiger partial charge < -0.3 is 5.11 Å². The van der Waals surface area contributed by atoms with Gasteiger partial charge in [0.25, 0.3) is 10.2 Å². The molecule has 1 N–H and O–H groups in total. The lowest BCUT2D eigenvalue weighted by atomic mass is 9.94. The SMILES string of the molecule is CC[C@@H]1CN(S(=O)(=O)N2C[C@H](C)C[C@@H](C)C2)CCN1C[C@@H](C)O. The van der Waals surface area contributed by atoms with Crippen LogP contribution in [0.2, 0.25) is 0 Å². The first-order valence-corrected chi connectivity index (χ1v) is 10.3. The third-order valence-electron chi connectivity index (χ3n) is 5.03. The van der Waals surface area contributed by atoms with Crippen molar-refractivity contribution in [1.82, 2.24) is 13.5 Å². The summed E-state index contributed by atoms with van der Waals surface area (Å²) < 4.78 is 29.4. The number of nitrogens with zero attached hydrogens (tertiary/aromatic N) is 3. The van der Waals surface area contributed by atoms with Gasteiger partial charge in [0.05, 0.1) is 6.10 Å². The van der Waals surface area contributed by atoms with Crippen molar-refractivity contribution in [2.75, 3.05) is 39.3 Å². The second-order valence-electron chi connectivity index (χ2n) is 7.53. The van der Waals surface area contributed by atoms with Gasteiger partial charge in [-0.05, 0) is 31.6 Å². The highest BCUT2D eigenvalue weighted by Gasteiger charge is 2.38. The Labute approximate surface area is 141 Å². The summed E-state index contributed by atoms with van der Waals surface area (Å²) in [5.74, 6) is 0.846. The summed E-state index contributed by atoms with van der Waals surface area (Å²) in [7, 11) is -3.37. The molecule has 0 aromatic carbocycles. The Balaban J connectivity index is 2.06. The molecule has 2 rings (SSSR count). The second kappa shape index (κ2) is 7.78. The van der Waals surface area contributed by atoms with Crippen molar-refractivity contribution in [2.24, 2.45) is 11.8 Å². The maximum absolute atomic E-state index is 13.0. The number of piperazine rings is 1. The average molecular weight is 348 g/mol. The zero-order valence-corrected chi connectivity index (χ0v) is 15.8. The Hall–Kier alpha value is -0.210. The van der Waals surface area contributed by atoms with Gasteiger partial charge in [-0.25, -0.2) is 0 Å². The minimum absolute atomic E-state index is 0.188. The normalized spacial score (nSPS) is 33.7. The largest absolute Gasteiger partial charge is 0.392 e. The van der Waals surface area contributed by atoms with Gasteiger partial charge >= 0.3 is 0 Å². The number of β-amino-alcohol motifs (C(OH)–C–C–N with tert-alkyl or cyclic N) is 1. The topological polar surface area (TPSA) is 64.1 Å². The first kappa shape index (κ1) is 19.1. The predicted molar refractivity (Wildman–Crippen MR) is 92.3 cm³/mol. The molecular weight excluding hydrogens is 314 g/mol. The van der Waals surface area contributed by atoms with Gasteiger partial charge in [0.2, 0.25) is 0 Å². The Bertz CT molecular complexity index is 473. The fourth-order valence-corrected chi connectivity index (χ4v) is 5.88. The van der Waals surface area contributed by atoms with Crippen molar-refractivity contribution >= 4 is 10.2 Å². The number of hydrogen-bond donors (Lipinski definition) is 1. The van der Waals surface area contributed by atoms with Crippen LogP contribution in [0.5, 0.6) is 0 Å². The zero-order chi connectivity index (χ0) is 17.2. The third kappa shape index (κ3) is 4.66. The molecule has 0 spiro atoms. The van der Waals surface area contributed by atoms with E-state index in [-0.39, 0.29) is 12.1 Å². The number of aliphatic hydroxyl groups is 1. The van der Waals surface area contributed by atoms with E-state index < -0.39 is 10.2 Å². The fraction of sp³-hybridized carbons (Fsp3) is 1.00. The molecular formula is C16H33N3O3S. The minimum atomic E-state index is -3.37. The van der Waals surface area contributed by atoms with E-state index in [4.69, 9.17) is 0 Å². The first-order chi connectivity index (χ1) is 10.7. The van der Waals surface area contributed by atoms with E-state index >= 15 is 0 Å². The fourth-order valence-electron chi connectivity index (χ4n) is 4.00. The van der Waals surface area contributed by atoms with Gasteiger partial charge in [-0.1, -0.05) is 20.8 Å². The molecule has 6 nitrogen and oxygen atoms in total. The lowest BCUT2D eigenvalue weighted by Gasteiger charge is -2.44. The van der Waals surface area contributed by atoms with E-state index in [1.54, 1.807) is 15.5 Å². The number of aliphatic hydroxyl groups excluding tert-OH is 1. The predicted octanol–water partition coefficient (Wildman–Crippen LogP) is 0.986. The molecule has 0 amide bonds. The molecule has 0 aromatic heterocycles. The van der Waals surface area contributed by atoms with Crippen LogP contribution in [0, 0.1) is 11.8 Å². The van der Waals surface area contributed by atoms with Crippen LogP contribution in [-0.2, 0) is 10.2 Å². The van der Waals surface area contributed by atoms with Gasteiger partial charge in [0.15, 0.2) is 0 Å². The third-order valence-corrected chi connectivity index (χ3v) is 6.96. The van der Waals surface area contributed by atoms with Crippen LogP contribution >= 0.6 is 0 Å². The van der Waals surface area contributed by atoms with E-state index in [0.717, 1.165) is 12.8 Å². The molecule has 0 aliphatic carbocycles. The van der Waals surface area contributed by atoms with Crippen LogP contribution in [-0.4, -0.2) is 78.4 Å².